The maximum absolute atomic E-state index is 8.79. The SMILES string of the molecule is CCCCOCCOCCOCCOCC(C)CO. The first-order valence-corrected chi connectivity index (χ1v) is 7.23. The van der Waals surface area contributed by atoms with Gasteiger partial charge in [0, 0.05) is 19.1 Å². The van der Waals surface area contributed by atoms with E-state index in [1.165, 1.54) is 0 Å². The van der Waals surface area contributed by atoms with Crippen molar-refractivity contribution < 1.29 is 24.1 Å². The summed E-state index contributed by atoms with van der Waals surface area (Å²) in [5.41, 5.74) is 0. The highest BCUT2D eigenvalue weighted by Gasteiger charge is 1.98. The van der Waals surface area contributed by atoms with Crippen LogP contribution in [0.25, 0.3) is 0 Å². The summed E-state index contributed by atoms with van der Waals surface area (Å²) in [6, 6.07) is 0. The van der Waals surface area contributed by atoms with Crippen molar-refractivity contribution in [3.63, 3.8) is 0 Å². The van der Waals surface area contributed by atoms with E-state index in [9.17, 15) is 0 Å². The van der Waals surface area contributed by atoms with E-state index >= 15 is 0 Å². The highest BCUT2D eigenvalue weighted by molar-refractivity contribution is 4.46. The molecule has 0 heterocycles. The van der Waals surface area contributed by atoms with Crippen molar-refractivity contribution in [3.05, 3.63) is 0 Å². The van der Waals surface area contributed by atoms with Gasteiger partial charge < -0.3 is 24.1 Å². The number of hydrogen-bond donors (Lipinski definition) is 1. The number of aliphatic hydroxyl groups is 1. The average Bonchev–Trinajstić information content (AvgIpc) is 2.43. The molecule has 0 aliphatic heterocycles. The van der Waals surface area contributed by atoms with Crippen LogP contribution in [0.2, 0.25) is 0 Å². The third kappa shape index (κ3) is 15.7. The van der Waals surface area contributed by atoms with Crippen LogP contribution in [0.5, 0.6) is 0 Å². The predicted molar refractivity (Wildman–Crippen MR) is 74.4 cm³/mol. The topological polar surface area (TPSA) is 57.2 Å². The first kappa shape index (κ1) is 18.8. The number of rotatable bonds is 15. The smallest absolute Gasteiger partial charge is 0.0701 e. The zero-order chi connectivity index (χ0) is 14.2. The van der Waals surface area contributed by atoms with Gasteiger partial charge in [0.05, 0.1) is 46.2 Å². The largest absolute Gasteiger partial charge is 0.396 e. The fourth-order valence-corrected chi connectivity index (χ4v) is 1.24. The van der Waals surface area contributed by atoms with Gasteiger partial charge in [-0.2, -0.15) is 0 Å². The van der Waals surface area contributed by atoms with E-state index in [0.717, 1.165) is 19.4 Å². The quantitative estimate of drug-likeness (QED) is 0.460. The van der Waals surface area contributed by atoms with Crippen LogP contribution in [0.3, 0.4) is 0 Å². The number of ether oxygens (including phenoxy) is 4. The van der Waals surface area contributed by atoms with Crippen molar-refractivity contribution in [1.29, 1.82) is 0 Å². The molecule has 5 heteroatoms. The summed E-state index contributed by atoms with van der Waals surface area (Å²) in [7, 11) is 0. The van der Waals surface area contributed by atoms with Crippen LogP contribution in [0.1, 0.15) is 26.7 Å². The molecule has 0 saturated carbocycles. The summed E-state index contributed by atoms with van der Waals surface area (Å²) in [4.78, 5) is 0. The molecule has 0 fully saturated rings. The lowest BCUT2D eigenvalue weighted by molar-refractivity contribution is -0.00778. The van der Waals surface area contributed by atoms with Crippen LogP contribution in [0.15, 0.2) is 0 Å². The fourth-order valence-electron chi connectivity index (χ4n) is 1.24. The Hall–Kier alpha value is -0.200. The monoisotopic (exact) mass is 278 g/mol. The van der Waals surface area contributed by atoms with Crippen LogP contribution in [0, 0.1) is 5.92 Å². The summed E-state index contributed by atoms with van der Waals surface area (Å²) < 4.78 is 21.4. The van der Waals surface area contributed by atoms with Gasteiger partial charge in [-0.1, -0.05) is 20.3 Å². The minimum atomic E-state index is 0.162. The summed E-state index contributed by atoms with van der Waals surface area (Å²) >= 11 is 0. The van der Waals surface area contributed by atoms with Crippen LogP contribution in [0.4, 0.5) is 0 Å². The van der Waals surface area contributed by atoms with Crippen LogP contribution in [-0.4, -0.2) is 64.6 Å². The van der Waals surface area contributed by atoms with Gasteiger partial charge in [0.2, 0.25) is 0 Å². The van der Waals surface area contributed by atoms with E-state index in [2.05, 4.69) is 6.92 Å². The van der Waals surface area contributed by atoms with E-state index in [1.54, 1.807) is 0 Å². The van der Waals surface area contributed by atoms with E-state index < -0.39 is 0 Å². The Kier molecular flexibility index (Phi) is 15.7. The van der Waals surface area contributed by atoms with E-state index in [1.807, 2.05) is 6.92 Å². The second-order valence-electron chi connectivity index (χ2n) is 4.55. The van der Waals surface area contributed by atoms with Gasteiger partial charge in [-0.05, 0) is 6.42 Å². The predicted octanol–water partition coefficient (Wildman–Crippen LogP) is 1.48. The second-order valence-corrected chi connectivity index (χ2v) is 4.55. The molecule has 0 aliphatic rings. The minimum absolute atomic E-state index is 0.162. The van der Waals surface area contributed by atoms with Crippen molar-refractivity contribution in [3.8, 4) is 0 Å². The molecule has 116 valence electrons. The summed E-state index contributed by atoms with van der Waals surface area (Å²) in [6.45, 7) is 9.21. The Bertz CT molecular complexity index is 166. The van der Waals surface area contributed by atoms with Gasteiger partial charge in [-0.25, -0.2) is 0 Å². The molecule has 1 atom stereocenters. The average molecular weight is 278 g/mol. The molecular formula is C14H30O5. The molecule has 0 rings (SSSR count). The third-order valence-electron chi connectivity index (χ3n) is 2.47. The highest BCUT2D eigenvalue weighted by Crippen LogP contribution is 1.93. The third-order valence-corrected chi connectivity index (χ3v) is 2.47. The number of unbranched alkanes of at least 4 members (excludes halogenated alkanes) is 1. The zero-order valence-corrected chi connectivity index (χ0v) is 12.4. The fraction of sp³-hybridized carbons (Fsp3) is 1.00. The number of aliphatic hydroxyl groups excluding tert-OH is 1. The lowest BCUT2D eigenvalue weighted by Crippen LogP contribution is -2.15. The highest BCUT2D eigenvalue weighted by atomic mass is 16.6. The molecule has 1 N–H and O–H groups in total. The van der Waals surface area contributed by atoms with Gasteiger partial charge in [0.25, 0.3) is 0 Å². The van der Waals surface area contributed by atoms with Crippen molar-refractivity contribution in [2.45, 2.75) is 26.7 Å². The van der Waals surface area contributed by atoms with E-state index in [-0.39, 0.29) is 12.5 Å². The summed E-state index contributed by atoms with van der Waals surface area (Å²) in [6.07, 6.45) is 2.27. The summed E-state index contributed by atoms with van der Waals surface area (Å²) in [5, 5.41) is 8.79. The standard InChI is InChI=1S/C14H30O5/c1-3-4-5-16-6-7-17-8-9-18-10-11-19-13-14(2)12-15/h14-15H,3-13H2,1-2H3. The lowest BCUT2D eigenvalue weighted by Gasteiger charge is -2.09. The van der Waals surface area contributed by atoms with E-state index in [0.29, 0.717) is 46.2 Å². The number of hydrogen-bond acceptors (Lipinski definition) is 5. The Balaban J connectivity index is 2.95. The van der Waals surface area contributed by atoms with Crippen molar-refractivity contribution >= 4 is 0 Å². The molecule has 0 aromatic heterocycles. The molecule has 0 bridgehead atoms. The lowest BCUT2D eigenvalue weighted by atomic mass is 10.2. The van der Waals surface area contributed by atoms with Crippen molar-refractivity contribution in [1.82, 2.24) is 0 Å². The summed E-state index contributed by atoms with van der Waals surface area (Å²) in [5.74, 6) is 0.191. The molecular weight excluding hydrogens is 248 g/mol. The molecule has 0 amide bonds. The molecule has 0 spiro atoms. The molecule has 19 heavy (non-hydrogen) atoms. The Morgan fingerprint density at radius 2 is 1.26 bits per heavy atom. The van der Waals surface area contributed by atoms with Crippen LogP contribution in [-0.2, 0) is 18.9 Å². The van der Waals surface area contributed by atoms with Crippen molar-refractivity contribution in [2.24, 2.45) is 5.92 Å². The molecule has 0 radical (unpaired) electrons. The maximum Gasteiger partial charge on any atom is 0.0701 e. The molecule has 0 saturated heterocycles. The Morgan fingerprint density at radius 1 is 0.789 bits per heavy atom. The van der Waals surface area contributed by atoms with E-state index in [4.69, 9.17) is 24.1 Å². The van der Waals surface area contributed by atoms with Crippen LogP contribution >= 0.6 is 0 Å². The first-order valence-electron chi connectivity index (χ1n) is 7.23. The maximum atomic E-state index is 8.79. The second kappa shape index (κ2) is 15.9. The molecule has 0 aromatic rings. The molecule has 1 unspecified atom stereocenters. The first-order chi connectivity index (χ1) is 9.31. The molecule has 5 nitrogen and oxygen atoms in total. The normalized spacial score (nSPS) is 12.8. The van der Waals surface area contributed by atoms with Gasteiger partial charge in [0.1, 0.15) is 0 Å². The Labute approximate surface area is 117 Å². The minimum Gasteiger partial charge on any atom is -0.396 e. The molecule has 0 aliphatic carbocycles. The van der Waals surface area contributed by atoms with Crippen LogP contribution < -0.4 is 0 Å². The zero-order valence-electron chi connectivity index (χ0n) is 12.4. The van der Waals surface area contributed by atoms with Gasteiger partial charge in [-0.3, -0.25) is 0 Å². The van der Waals surface area contributed by atoms with Crippen molar-refractivity contribution in [2.75, 3.05) is 59.5 Å². The molecule has 0 aromatic carbocycles. The Morgan fingerprint density at radius 3 is 1.74 bits per heavy atom. The van der Waals surface area contributed by atoms with Gasteiger partial charge in [-0.15, -0.1) is 0 Å². The van der Waals surface area contributed by atoms with Gasteiger partial charge in [0.15, 0.2) is 0 Å². The van der Waals surface area contributed by atoms with Gasteiger partial charge >= 0.3 is 0 Å².